The van der Waals surface area contributed by atoms with Crippen molar-refractivity contribution in [2.75, 3.05) is 14.2 Å². The summed E-state index contributed by atoms with van der Waals surface area (Å²) in [4.78, 5) is 24.2. The summed E-state index contributed by atoms with van der Waals surface area (Å²) in [6.07, 6.45) is 2.12. The van der Waals surface area contributed by atoms with Gasteiger partial charge in [-0.3, -0.25) is 9.59 Å². The molecule has 0 bridgehead atoms. The number of ether oxygens (including phenoxy) is 2. The molecule has 8 nitrogen and oxygen atoms in total. The molecule has 0 saturated carbocycles. The third-order valence-electron chi connectivity index (χ3n) is 4.96. The zero-order chi connectivity index (χ0) is 24.1. The van der Waals surface area contributed by atoms with E-state index in [1.807, 2.05) is 62.4 Å². The first-order chi connectivity index (χ1) is 16.0. The number of benzene rings is 2. The van der Waals surface area contributed by atoms with Crippen LogP contribution in [0, 0.1) is 0 Å². The molecular weight excluding hydrogens is 420 g/mol. The van der Waals surface area contributed by atoms with Crippen LogP contribution in [-0.4, -0.2) is 37.5 Å². The van der Waals surface area contributed by atoms with Crippen molar-refractivity contribution in [3.8, 4) is 11.5 Å². The number of carbonyl (C=O) groups excluding carboxylic acids is 2. The van der Waals surface area contributed by atoms with Gasteiger partial charge in [-0.15, -0.1) is 0 Å². The van der Waals surface area contributed by atoms with E-state index in [0.717, 1.165) is 34.0 Å². The van der Waals surface area contributed by atoms with Crippen LogP contribution in [-0.2, 0) is 9.59 Å². The molecule has 0 saturated heterocycles. The normalized spacial score (nSPS) is 11.6. The zero-order valence-electron chi connectivity index (χ0n) is 19.7. The van der Waals surface area contributed by atoms with E-state index < -0.39 is 0 Å². The molecule has 0 spiro atoms. The quantitative estimate of drug-likeness (QED) is 0.375. The number of rotatable bonds is 12. The van der Waals surface area contributed by atoms with Crippen LogP contribution in [0.4, 0.5) is 0 Å². The first-order valence-corrected chi connectivity index (χ1v) is 11.0. The molecule has 0 radical (unpaired) electrons. The van der Waals surface area contributed by atoms with Gasteiger partial charge in [0.1, 0.15) is 11.5 Å². The maximum absolute atomic E-state index is 12.1. The van der Waals surface area contributed by atoms with Crippen LogP contribution in [0.2, 0.25) is 0 Å². The summed E-state index contributed by atoms with van der Waals surface area (Å²) in [5.74, 6) is 1.04. The van der Waals surface area contributed by atoms with Gasteiger partial charge in [-0.2, -0.15) is 10.2 Å². The molecule has 33 heavy (non-hydrogen) atoms. The SMILES string of the molecule is CC/C(=N\NC(=O)CCCC(=O)N/N=C(\CC)c1ccc(OC)cc1)c1ccc(OC)cc1. The molecule has 2 rings (SSSR count). The summed E-state index contributed by atoms with van der Waals surface area (Å²) >= 11 is 0. The Morgan fingerprint density at radius 2 is 1.06 bits per heavy atom. The summed E-state index contributed by atoms with van der Waals surface area (Å²) < 4.78 is 10.3. The second-order valence-corrected chi connectivity index (χ2v) is 7.20. The molecule has 2 aromatic carbocycles. The Labute approximate surface area is 195 Å². The van der Waals surface area contributed by atoms with Gasteiger partial charge in [-0.05, 0) is 78.9 Å². The lowest BCUT2D eigenvalue weighted by molar-refractivity contribution is -0.122. The van der Waals surface area contributed by atoms with Crippen molar-refractivity contribution < 1.29 is 19.1 Å². The van der Waals surface area contributed by atoms with Crippen LogP contribution in [0.3, 0.4) is 0 Å². The summed E-state index contributed by atoms with van der Waals surface area (Å²) in [5.41, 5.74) is 8.51. The topological polar surface area (TPSA) is 101 Å². The van der Waals surface area contributed by atoms with Gasteiger partial charge in [-0.1, -0.05) is 13.8 Å². The Morgan fingerprint density at radius 3 is 1.36 bits per heavy atom. The van der Waals surface area contributed by atoms with Crippen molar-refractivity contribution in [2.24, 2.45) is 10.2 Å². The monoisotopic (exact) mass is 452 g/mol. The zero-order valence-corrected chi connectivity index (χ0v) is 19.7. The molecule has 0 aliphatic carbocycles. The number of hydrogen-bond donors (Lipinski definition) is 2. The maximum atomic E-state index is 12.1. The molecule has 0 unspecified atom stereocenters. The standard InChI is InChI=1S/C25H32N4O4/c1-5-22(18-10-14-20(32-3)15-11-18)26-28-24(30)8-7-9-25(31)29-27-23(6-2)19-12-16-21(33-4)17-13-19/h10-17H,5-9H2,1-4H3,(H,28,30)(H,29,31)/b26-22+,27-23+. The fraction of sp³-hybridized carbons (Fsp3) is 0.360. The number of amides is 2. The van der Waals surface area contributed by atoms with Crippen molar-refractivity contribution >= 4 is 23.2 Å². The Bertz CT molecular complexity index is 887. The minimum Gasteiger partial charge on any atom is -0.497 e. The first kappa shape index (κ1) is 25.6. The van der Waals surface area contributed by atoms with Crippen LogP contribution >= 0.6 is 0 Å². The van der Waals surface area contributed by atoms with Crippen LogP contribution in [0.25, 0.3) is 0 Å². The van der Waals surface area contributed by atoms with E-state index in [4.69, 9.17) is 9.47 Å². The summed E-state index contributed by atoms with van der Waals surface area (Å²) in [6.45, 7) is 3.94. The van der Waals surface area contributed by atoms with E-state index in [2.05, 4.69) is 21.1 Å². The van der Waals surface area contributed by atoms with E-state index >= 15 is 0 Å². The maximum Gasteiger partial charge on any atom is 0.240 e. The molecule has 0 fully saturated rings. The van der Waals surface area contributed by atoms with Gasteiger partial charge in [0.25, 0.3) is 0 Å². The van der Waals surface area contributed by atoms with E-state index in [-0.39, 0.29) is 24.7 Å². The highest BCUT2D eigenvalue weighted by Crippen LogP contribution is 2.14. The highest BCUT2D eigenvalue weighted by Gasteiger charge is 2.08. The first-order valence-electron chi connectivity index (χ1n) is 11.0. The highest BCUT2D eigenvalue weighted by atomic mass is 16.5. The second kappa shape index (κ2) is 13.7. The number of methoxy groups -OCH3 is 2. The minimum atomic E-state index is -0.238. The molecule has 8 heteroatoms. The summed E-state index contributed by atoms with van der Waals surface area (Å²) in [5, 5.41) is 8.45. The number of hydrazone groups is 2. The summed E-state index contributed by atoms with van der Waals surface area (Å²) in [6, 6.07) is 15.0. The van der Waals surface area contributed by atoms with Crippen LogP contribution in [0.5, 0.6) is 11.5 Å². The van der Waals surface area contributed by atoms with Crippen LogP contribution in [0.1, 0.15) is 57.1 Å². The predicted octanol–water partition coefficient (Wildman–Crippen LogP) is 4.03. The largest absolute Gasteiger partial charge is 0.497 e. The van der Waals surface area contributed by atoms with Crippen molar-refractivity contribution in [3.63, 3.8) is 0 Å². The van der Waals surface area contributed by atoms with E-state index in [1.54, 1.807) is 14.2 Å². The Kier molecular flexibility index (Phi) is 10.6. The van der Waals surface area contributed by atoms with Gasteiger partial charge < -0.3 is 9.47 Å². The lowest BCUT2D eigenvalue weighted by atomic mass is 10.1. The Balaban J connectivity index is 1.79. The molecule has 0 aliphatic rings. The molecule has 2 aromatic rings. The molecule has 0 heterocycles. The molecule has 2 N–H and O–H groups in total. The van der Waals surface area contributed by atoms with Gasteiger partial charge in [0.2, 0.25) is 11.8 Å². The van der Waals surface area contributed by atoms with Gasteiger partial charge in [-0.25, -0.2) is 10.9 Å². The third-order valence-corrected chi connectivity index (χ3v) is 4.96. The molecule has 0 aliphatic heterocycles. The fourth-order valence-electron chi connectivity index (χ4n) is 3.04. The Morgan fingerprint density at radius 1 is 0.697 bits per heavy atom. The molecule has 2 amide bonds. The smallest absolute Gasteiger partial charge is 0.240 e. The number of nitrogens with zero attached hydrogens (tertiary/aromatic N) is 2. The lowest BCUT2D eigenvalue weighted by Crippen LogP contribution is -2.22. The molecule has 0 aromatic heterocycles. The van der Waals surface area contributed by atoms with Crippen molar-refractivity contribution in [1.29, 1.82) is 0 Å². The number of carbonyl (C=O) groups is 2. The van der Waals surface area contributed by atoms with Crippen LogP contribution in [0.15, 0.2) is 58.7 Å². The minimum absolute atomic E-state index is 0.194. The van der Waals surface area contributed by atoms with Crippen molar-refractivity contribution in [3.05, 3.63) is 59.7 Å². The van der Waals surface area contributed by atoms with E-state index in [0.29, 0.717) is 19.3 Å². The summed E-state index contributed by atoms with van der Waals surface area (Å²) in [7, 11) is 3.22. The molecule has 0 atom stereocenters. The van der Waals surface area contributed by atoms with Gasteiger partial charge in [0.05, 0.1) is 25.6 Å². The van der Waals surface area contributed by atoms with Crippen molar-refractivity contribution in [2.45, 2.75) is 46.0 Å². The molecule has 176 valence electrons. The van der Waals surface area contributed by atoms with Crippen LogP contribution < -0.4 is 20.3 Å². The highest BCUT2D eigenvalue weighted by molar-refractivity contribution is 6.01. The fourth-order valence-corrected chi connectivity index (χ4v) is 3.04. The Hall–Kier alpha value is -3.68. The van der Waals surface area contributed by atoms with Gasteiger partial charge in [0, 0.05) is 12.8 Å². The molecular formula is C25H32N4O4. The van der Waals surface area contributed by atoms with Crippen molar-refractivity contribution in [1.82, 2.24) is 10.9 Å². The van der Waals surface area contributed by atoms with E-state index in [9.17, 15) is 9.59 Å². The van der Waals surface area contributed by atoms with Gasteiger partial charge >= 0.3 is 0 Å². The second-order valence-electron chi connectivity index (χ2n) is 7.20. The number of nitrogens with one attached hydrogen (secondary N) is 2. The lowest BCUT2D eigenvalue weighted by Gasteiger charge is -2.07. The average molecular weight is 453 g/mol. The number of hydrogen-bond acceptors (Lipinski definition) is 6. The third kappa shape index (κ3) is 8.40. The van der Waals surface area contributed by atoms with Gasteiger partial charge in [0.15, 0.2) is 0 Å². The van der Waals surface area contributed by atoms with E-state index in [1.165, 1.54) is 0 Å². The predicted molar refractivity (Wildman–Crippen MR) is 130 cm³/mol. The average Bonchev–Trinajstić information content (AvgIpc) is 2.85.